The number of hydrogen-bond donors (Lipinski definition) is 1. The molecule has 0 aliphatic carbocycles. The number of rotatable bonds is 1. The minimum atomic E-state index is -0.406. The fourth-order valence-electron chi connectivity index (χ4n) is 4.38. The highest BCUT2D eigenvalue weighted by Gasteiger charge is 2.31. The number of anilines is 1. The predicted molar refractivity (Wildman–Crippen MR) is 108 cm³/mol. The van der Waals surface area contributed by atoms with Crippen LogP contribution < -0.4 is 14.8 Å². The molecule has 2 aliphatic heterocycles. The Balaban J connectivity index is 1.53. The number of aryl methyl sites for hydroxylation is 1. The summed E-state index contributed by atoms with van der Waals surface area (Å²) in [5.74, 6) is 1.08. The van der Waals surface area contributed by atoms with E-state index < -0.39 is 5.82 Å². The van der Waals surface area contributed by atoms with E-state index in [-0.39, 0.29) is 18.3 Å². The predicted octanol–water partition coefficient (Wildman–Crippen LogP) is 3.86. The van der Waals surface area contributed by atoms with E-state index >= 15 is 0 Å². The standard InChI is InChI=1S/C22H17F2N5O2/c1-11-4-13(23)6-25-20(11)14-5-18-22(29-10-27-28-21(14)29)26-7-15-16(24)2-3-17-19(15)12(8-30-17)9-31-18/h2-6,10,12,26H,7-9H2,1H3/t12-/m0/s1. The Hall–Kier alpha value is -3.75. The first kappa shape index (κ1) is 18.1. The Morgan fingerprint density at radius 1 is 1.13 bits per heavy atom. The zero-order valence-corrected chi connectivity index (χ0v) is 16.5. The monoisotopic (exact) mass is 421 g/mol. The van der Waals surface area contributed by atoms with E-state index in [1.165, 1.54) is 18.3 Å². The van der Waals surface area contributed by atoms with Crippen molar-refractivity contribution in [2.45, 2.75) is 19.4 Å². The molecule has 5 heterocycles. The Morgan fingerprint density at radius 2 is 1.97 bits per heavy atom. The second kappa shape index (κ2) is 6.63. The van der Waals surface area contributed by atoms with Gasteiger partial charge in [-0.3, -0.25) is 9.38 Å². The van der Waals surface area contributed by atoms with Gasteiger partial charge in [0.2, 0.25) is 0 Å². The maximum atomic E-state index is 14.7. The molecule has 0 bridgehead atoms. The Bertz CT molecular complexity index is 1350. The molecule has 156 valence electrons. The molecule has 0 saturated heterocycles. The van der Waals surface area contributed by atoms with Crippen LogP contribution in [0.15, 0.2) is 36.8 Å². The number of hydrogen-bond acceptors (Lipinski definition) is 6. The number of ether oxygens (including phenoxy) is 2. The lowest BCUT2D eigenvalue weighted by molar-refractivity contribution is 0.249. The van der Waals surface area contributed by atoms with Gasteiger partial charge >= 0.3 is 0 Å². The maximum Gasteiger partial charge on any atom is 0.171 e. The lowest BCUT2D eigenvalue weighted by Gasteiger charge is -2.17. The van der Waals surface area contributed by atoms with Crippen molar-refractivity contribution in [1.82, 2.24) is 19.6 Å². The molecule has 7 nitrogen and oxygen atoms in total. The van der Waals surface area contributed by atoms with Gasteiger partial charge in [-0.1, -0.05) is 0 Å². The minimum absolute atomic E-state index is 0.0841. The molecule has 1 N–H and O–H groups in total. The van der Waals surface area contributed by atoms with Crippen LogP contribution >= 0.6 is 0 Å². The number of fused-ring (bicyclic) bond motifs is 3. The normalized spacial score (nSPS) is 16.9. The van der Waals surface area contributed by atoms with Gasteiger partial charge in [-0.15, -0.1) is 10.2 Å². The van der Waals surface area contributed by atoms with Gasteiger partial charge in [0.15, 0.2) is 17.2 Å². The van der Waals surface area contributed by atoms with E-state index in [2.05, 4.69) is 20.5 Å². The van der Waals surface area contributed by atoms with Crippen molar-refractivity contribution in [2.75, 3.05) is 18.5 Å². The second-order valence-electron chi connectivity index (χ2n) is 7.72. The molecule has 0 saturated carbocycles. The lowest BCUT2D eigenvalue weighted by atomic mass is 9.96. The summed E-state index contributed by atoms with van der Waals surface area (Å²) in [6.07, 6.45) is 2.73. The SMILES string of the molecule is Cc1cc(F)cnc1-c1cc2c(n3cnnc13)NCc1c(F)ccc3c1[C@@H](CO3)CO2. The summed E-state index contributed by atoms with van der Waals surface area (Å²) in [5, 5.41) is 11.6. The fourth-order valence-corrected chi connectivity index (χ4v) is 4.38. The van der Waals surface area contributed by atoms with Gasteiger partial charge < -0.3 is 14.8 Å². The molecule has 0 unspecified atom stereocenters. The highest BCUT2D eigenvalue weighted by Crippen LogP contribution is 2.41. The minimum Gasteiger partial charge on any atom is -0.493 e. The first-order valence-corrected chi connectivity index (χ1v) is 9.90. The Labute approximate surface area is 175 Å². The van der Waals surface area contributed by atoms with Crippen molar-refractivity contribution in [2.24, 2.45) is 0 Å². The topological polar surface area (TPSA) is 73.6 Å². The van der Waals surface area contributed by atoms with Crippen molar-refractivity contribution < 1.29 is 18.3 Å². The summed E-state index contributed by atoms with van der Waals surface area (Å²) in [7, 11) is 0. The van der Waals surface area contributed by atoms with Gasteiger partial charge in [0.1, 0.15) is 23.7 Å². The van der Waals surface area contributed by atoms with Gasteiger partial charge in [0.05, 0.1) is 31.0 Å². The number of aromatic nitrogens is 4. The van der Waals surface area contributed by atoms with Crippen molar-refractivity contribution >= 4 is 11.5 Å². The van der Waals surface area contributed by atoms with Crippen LogP contribution in [-0.4, -0.2) is 32.8 Å². The molecule has 6 rings (SSSR count). The number of benzene rings is 1. The third-order valence-corrected chi connectivity index (χ3v) is 5.82. The zero-order chi connectivity index (χ0) is 21.1. The molecule has 0 fully saturated rings. The van der Waals surface area contributed by atoms with E-state index in [1.807, 2.05) is 6.07 Å². The van der Waals surface area contributed by atoms with E-state index in [0.717, 1.165) is 5.56 Å². The Kier molecular flexibility index (Phi) is 3.86. The van der Waals surface area contributed by atoms with Crippen LogP contribution in [-0.2, 0) is 6.54 Å². The van der Waals surface area contributed by atoms with Gasteiger partial charge in [0.25, 0.3) is 0 Å². The highest BCUT2D eigenvalue weighted by molar-refractivity contribution is 5.81. The van der Waals surface area contributed by atoms with Crippen LogP contribution in [0.2, 0.25) is 0 Å². The first-order valence-electron chi connectivity index (χ1n) is 9.90. The van der Waals surface area contributed by atoms with Crippen LogP contribution in [0.3, 0.4) is 0 Å². The molecule has 3 aromatic heterocycles. The molecular weight excluding hydrogens is 404 g/mol. The molecule has 1 atom stereocenters. The summed E-state index contributed by atoms with van der Waals surface area (Å²) in [5.41, 5.74) is 3.88. The van der Waals surface area contributed by atoms with Crippen LogP contribution in [0.25, 0.3) is 16.9 Å². The average Bonchev–Trinajstić information content (AvgIpc) is 3.40. The van der Waals surface area contributed by atoms with Crippen molar-refractivity contribution in [3.63, 3.8) is 0 Å². The maximum absolute atomic E-state index is 14.7. The molecule has 1 aromatic carbocycles. The fraction of sp³-hybridized carbons (Fsp3) is 0.227. The molecule has 2 aliphatic rings. The number of nitrogens with one attached hydrogen (secondary N) is 1. The Morgan fingerprint density at radius 3 is 2.81 bits per heavy atom. The van der Waals surface area contributed by atoms with Gasteiger partial charge in [-0.2, -0.15) is 0 Å². The molecular formula is C22H17F2N5O2. The van der Waals surface area contributed by atoms with Crippen LogP contribution in [0.1, 0.15) is 22.6 Å². The average molecular weight is 421 g/mol. The van der Waals surface area contributed by atoms with Crippen molar-refractivity contribution in [1.29, 1.82) is 0 Å². The van der Waals surface area contributed by atoms with E-state index in [0.29, 0.717) is 58.6 Å². The second-order valence-corrected chi connectivity index (χ2v) is 7.72. The summed E-state index contributed by atoms with van der Waals surface area (Å²) in [6, 6.07) is 6.34. The molecule has 0 radical (unpaired) electrons. The quantitative estimate of drug-likeness (QED) is 0.503. The number of nitrogens with zero attached hydrogens (tertiary/aromatic N) is 4. The lowest BCUT2D eigenvalue weighted by Crippen LogP contribution is -2.13. The largest absolute Gasteiger partial charge is 0.493 e. The van der Waals surface area contributed by atoms with Crippen LogP contribution in [0.5, 0.6) is 11.5 Å². The third-order valence-electron chi connectivity index (χ3n) is 5.82. The summed E-state index contributed by atoms with van der Waals surface area (Å²) >= 11 is 0. The van der Waals surface area contributed by atoms with Gasteiger partial charge in [-0.25, -0.2) is 8.78 Å². The molecule has 0 spiro atoms. The molecule has 31 heavy (non-hydrogen) atoms. The van der Waals surface area contributed by atoms with Crippen LogP contribution in [0.4, 0.5) is 14.6 Å². The third kappa shape index (κ3) is 2.73. The molecule has 9 heteroatoms. The molecule has 0 amide bonds. The smallest absolute Gasteiger partial charge is 0.171 e. The first-order chi connectivity index (χ1) is 15.1. The highest BCUT2D eigenvalue weighted by atomic mass is 19.1. The van der Waals surface area contributed by atoms with E-state index in [4.69, 9.17) is 9.47 Å². The van der Waals surface area contributed by atoms with Gasteiger partial charge in [-0.05, 0) is 36.8 Å². The van der Waals surface area contributed by atoms with Crippen molar-refractivity contribution in [3.8, 4) is 22.8 Å². The summed E-state index contributed by atoms with van der Waals surface area (Å²) in [4.78, 5) is 4.27. The zero-order valence-electron chi connectivity index (χ0n) is 16.5. The van der Waals surface area contributed by atoms with Gasteiger partial charge in [0, 0.05) is 23.2 Å². The van der Waals surface area contributed by atoms with E-state index in [1.54, 1.807) is 23.7 Å². The number of pyridine rings is 2. The summed E-state index contributed by atoms with van der Waals surface area (Å²) in [6.45, 7) is 2.80. The van der Waals surface area contributed by atoms with E-state index in [9.17, 15) is 8.78 Å². The van der Waals surface area contributed by atoms with Crippen LogP contribution in [0, 0.1) is 18.6 Å². The summed E-state index contributed by atoms with van der Waals surface area (Å²) < 4.78 is 42.0. The van der Waals surface area contributed by atoms with Crippen molar-refractivity contribution in [3.05, 3.63) is 65.1 Å². The molecule has 4 aromatic rings. The number of halogens is 2.